The van der Waals surface area contributed by atoms with Gasteiger partial charge in [-0.2, -0.15) is 5.10 Å². The Kier molecular flexibility index (Phi) is 6.81. The molecule has 0 saturated carbocycles. The van der Waals surface area contributed by atoms with Gasteiger partial charge in [0.05, 0.1) is 12.8 Å². The minimum atomic E-state index is 0.705. The molecule has 1 aromatic heterocycles. The van der Waals surface area contributed by atoms with Gasteiger partial charge in [0, 0.05) is 19.2 Å². The summed E-state index contributed by atoms with van der Waals surface area (Å²) in [5.74, 6) is 2.56. The Balaban J connectivity index is 1.53. The normalized spacial score (nSPS) is 14.6. The van der Waals surface area contributed by atoms with Gasteiger partial charge >= 0.3 is 0 Å². The summed E-state index contributed by atoms with van der Waals surface area (Å²) < 4.78 is 5.66. The van der Waals surface area contributed by atoms with Gasteiger partial charge < -0.3 is 9.64 Å². The average molecular weight is 353 g/mol. The van der Waals surface area contributed by atoms with E-state index in [4.69, 9.17) is 4.74 Å². The van der Waals surface area contributed by atoms with Gasteiger partial charge in [0.2, 0.25) is 0 Å². The molecule has 0 bridgehead atoms. The van der Waals surface area contributed by atoms with Crippen LogP contribution in [0.15, 0.2) is 41.8 Å². The summed E-state index contributed by atoms with van der Waals surface area (Å²) in [6.07, 6.45) is 9.33. The van der Waals surface area contributed by atoms with E-state index in [9.17, 15) is 0 Å². The second kappa shape index (κ2) is 9.75. The molecule has 0 spiro atoms. The van der Waals surface area contributed by atoms with E-state index in [2.05, 4.69) is 32.3 Å². The predicted molar refractivity (Wildman–Crippen MR) is 106 cm³/mol. The van der Waals surface area contributed by atoms with Crippen molar-refractivity contribution in [2.75, 3.05) is 30.0 Å². The van der Waals surface area contributed by atoms with Gasteiger partial charge in [-0.05, 0) is 55.5 Å². The molecule has 1 aliphatic heterocycles. The van der Waals surface area contributed by atoms with E-state index >= 15 is 0 Å². The molecular formula is C20H27N5O. The molecule has 0 radical (unpaired) electrons. The van der Waals surface area contributed by atoms with Gasteiger partial charge in [-0.1, -0.05) is 13.3 Å². The number of rotatable bonds is 8. The van der Waals surface area contributed by atoms with Crippen molar-refractivity contribution >= 4 is 17.9 Å². The highest BCUT2D eigenvalue weighted by molar-refractivity contribution is 5.80. The van der Waals surface area contributed by atoms with Gasteiger partial charge in [0.15, 0.2) is 5.82 Å². The molecule has 2 heterocycles. The van der Waals surface area contributed by atoms with Crippen LogP contribution in [0.2, 0.25) is 0 Å². The monoisotopic (exact) mass is 353 g/mol. The van der Waals surface area contributed by atoms with Crippen molar-refractivity contribution in [2.24, 2.45) is 5.10 Å². The van der Waals surface area contributed by atoms with Crippen LogP contribution in [0.1, 0.15) is 44.6 Å². The summed E-state index contributed by atoms with van der Waals surface area (Å²) in [7, 11) is 0. The smallest absolute Gasteiger partial charge is 0.151 e. The lowest BCUT2D eigenvalue weighted by atomic mass is 10.1. The summed E-state index contributed by atoms with van der Waals surface area (Å²) in [6.45, 7) is 5.04. The Hall–Kier alpha value is -2.63. The van der Waals surface area contributed by atoms with Crippen molar-refractivity contribution in [1.82, 2.24) is 9.97 Å². The first kappa shape index (κ1) is 18.2. The largest absolute Gasteiger partial charge is 0.494 e. The Morgan fingerprint density at radius 1 is 1.15 bits per heavy atom. The third-order valence-corrected chi connectivity index (χ3v) is 4.37. The lowest BCUT2D eigenvalue weighted by Crippen LogP contribution is -2.30. The summed E-state index contributed by atoms with van der Waals surface area (Å²) in [6, 6.07) is 9.87. The molecule has 0 unspecified atom stereocenters. The molecule has 1 N–H and O–H groups in total. The van der Waals surface area contributed by atoms with Crippen LogP contribution >= 0.6 is 0 Å². The predicted octanol–water partition coefficient (Wildman–Crippen LogP) is 4.09. The zero-order valence-electron chi connectivity index (χ0n) is 15.4. The molecule has 1 fully saturated rings. The van der Waals surface area contributed by atoms with Gasteiger partial charge in [-0.3, -0.25) is 5.43 Å². The Labute approximate surface area is 155 Å². The van der Waals surface area contributed by atoms with Crippen molar-refractivity contribution in [1.29, 1.82) is 0 Å². The van der Waals surface area contributed by atoms with Gasteiger partial charge in [0.25, 0.3) is 0 Å². The molecule has 1 saturated heterocycles. The number of hydrazone groups is 1. The second-order valence-electron chi connectivity index (χ2n) is 6.45. The van der Waals surface area contributed by atoms with E-state index < -0.39 is 0 Å². The first-order valence-corrected chi connectivity index (χ1v) is 9.44. The fourth-order valence-electron chi connectivity index (χ4n) is 2.86. The number of aromatic nitrogens is 2. The number of benzene rings is 1. The first-order chi connectivity index (χ1) is 12.8. The maximum absolute atomic E-state index is 5.66. The third kappa shape index (κ3) is 5.44. The Morgan fingerprint density at radius 3 is 2.73 bits per heavy atom. The third-order valence-electron chi connectivity index (χ3n) is 4.37. The van der Waals surface area contributed by atoms with Crippen LogP contribution in [-0.2, 0) is 0 Å². The highest BCUT2D eigenvalue weighted by atomic mass is 16.5. The van der Waals surface area contributed by atoms with Crippen molar-refractivity contribution in [3.05, 3.63) is 42.2 Å². The summed E-state index contributed by atoms with van der Waals surface area (Å²) in [4.78, 5) is 10.9. The first-order valence-electron chi connectivity index (χ1n) is 9.44. The molecule has 3 rings (SSSR count). The molecule has 26 heavy (non-hydrogen) atoms. The zero-order valence-corrected chi connectivity index (χ0v) is 15.4. The van der Waals surface area contributed by atoms with Crippen LogP contribution in [0.4, 0.5) is 11.6 Å². The van der Waals surface area contributed by atoms with E-state index in [1.54, 1.807) is 12.5 Å². The van der Waals surface area contributed by atoms with Crippen LogP contribution < -0.4 is 15.1 Å². The SMILES string of the molecule is CCCCOc1ccc(/C=N/Nc2cc(N3CCCCC3)ncn2)cc1. The van der Waals surface area contributed by atoms with Crippen molar-refractivity contribution < 1.29 is 4.74 Å². The van der Waals surface area contributed by atoms with Crippen molar-refractivity contribution in [2.45, 2.75) is 39.0 Å². The average Bonchev–Trinajstić information content (AvgIpc) is 2.70. The van der Waals surface area contributed by atoms with E-state index in [0.29, 0.717) is 5.82 Å². The van der Waals surface area contributed by atoms with Gasteiger partial charge in [-0.25, -0.2) is 9.97 Å². The number of hydrogen-bond donors (Lipinski definition) is 1. The topological polar surface area (TPSA) is 62.6 Å². The maximum atomic E-state index is 5.66. The fraction of sp³-hybridized carbons (Fsp3) is 0.450. The van der Waals surface area contributed by atoms with Crippen molar-refractivity contribution in [3.8, 4) is 5.75 Å². The van der Waals surface area contributed by atoms with Crippen molar-refractivity contribution in [3.63, 3.8) is 0 Å². The van der Waals surface area contributed by atoms with Gasteiger partial charge in [0.1, 0.15) is 17.9 Å². The summed E-state index contributed by atoms with van der Waals surface area (Å²) in [5, 5.41) is 4.28. The van der Waals surface area contributed by atoms with Crippen LogP contribution in [-0.4, -0.2) is 35.9 Å². The number of ether oxygens (including phenoxy) is 1. The van der Waals surface area contributed by atoms with E-state index in [1.807, 2.05) is 30.3 Å². The molecule has 138 valence electrons. The summed E-state index contributed by atoms with van der Waals surface area (Å²) >= 11 is 0. The Morgan fingerprint density at radius 2 is 1.96 bits per heavy atom. The number of anilines is 2. The molecule has 1 aromatic carbocycles. The molecule has 6 nitrogen and oxygen atoms in total. The number of nitrogens with one attached hydrogen (secondary N) is 1. The van der Waals surface area contributed by atoms with Crippen LogP contribution in [0.5, 0.6) is 5.75 Å². The lowest BCUT2D eigenvalue weighted by Gasteiger charge is -2.27. The molecule has 1 aliphatic rings. The molecule has 0 aliphatic carbocycles. The number of unbranched alkanes of at least 4 members (excludes halogenated alkanes) is 1. The summed E-state index contributed by atoms with van der Waals surface area (Å²) in [5.41, 5.74) is 3.99. The highest BCUT2D eigenvalue weighted by Gasteiger charge is 2.12. The molecule has 0 amide bonds. The number of hydrogen-bond acceptors (Lipinski definition) is 6. The van der Waals surface area contributed by atoms with Crippen LogP contribution in [0.25, 0.3) is 0 Å². The zero-order chi connectivity index (χ0) is 18.0. The molecule has 0 atom stereocenters. The quantitative estimate of drug-likeness (QED) is 0.440. The Bertz CT molecular complexity index is 696. The molecule has 2 aromatic rings. The number of piperidine rings is 1. The lowest BCUT2D eigenvalue weighted by molar-refractivity contribution is 0.309. The van der Waals surface area contributed by atoms with Gasteiger partial charge in [-0.15, -0.1) is 0 Å². The van der Waals surface area contributed by atoms with E-state index in [0.717, 1.165) is 49.7 Å². The van der Waals surface area contributed by atoms with E-state index in [1.165, 1.54) is 19.3 Å². The van der Waals surface area contributed by atoms with Crippen LogP contribution in [0, 0.1) is 0 Å². The minimum Gasteiger partial charge on any atom is -0.494 e. The fourth-order valence-corrected chi connectivity index (χ4v) is 2.86. The second-order valence-corrected chi connectivity index (χ2v) is 6.45. The van der Waals surface area contributed by atoms with E-state index in [-0.39, 0.29) is 0 Å². The maximum Gasteiger partial charge on any atom is 0.151 e. The van der Waals surface area contributed by atoms with Crippen LogP contribution in [0.3, 0.4) is 0 Å². The highest BCUT2D eigenvalue weighted by Crippen LogP contribution is 2.19. The standard InChI is InChI=1S/C20H27N5O/c1-2-3-13-26-18-9-7-17(8-10-18)15-23-24-19-14-20(22-16-21-19)25-11-5-4-6-12-25/h7-10,14-16H,2-6,11-13H2,1H3,(H,21,22,24)/b23-15+. The minimum absolute atomic E-state index is 0.705. The molecule has 6 heteroatoms. The number of nitrogens with zero attached hydrogens (tertiary/aromatic N) is 4. The molecular weight excluding hydrogens is 326 g/mol.